The van der Waals surface area contributed by atoms with Crippen LogP contribution in [0, 0.1) is 5.92 Å². The van der Waals surface area contributed by atoms with E-state index >= 15 is 0 Å². The first-order valence-corrected chi connectivity index (χ1v) is 7.72. The Balaban J connectivity index is 2.30. The van der Waals surface area contributed by atoms with Crippen LogP contribution in [0.25, 0.3) is 0 Å². The molecule has 104 valence electrons. The van der Waals surface area contributed by atoms with E-state index in [1.54, 1.807) is 24.3 Å². The largest absolute Gasteiger partial charge is 0.497 e. The van der Waals surface area contributed by atoms with Crippen LogP contribution in [0.5, 0.6) is 5.75 Å². The third-order valence-corrected chi connectivity index (χ3v) is 5.78. The lowest BCUT2D eigenvalue weighted by atomic mass is 10.1. The van der Waals surface area contributed by atoms with Crippen molar-refractivity contribution >= 4 is 15.8 Å². The Morgan fingerprint density at radius 3 is 2.32 bits per heavy atom. The Labute approximate surface area is 112 Å². The van der Waals surface area contributed by atoms with Crippen molar-refractivity contribution in [1.29, 1.82) is 0 Å². The van der Waals surface area contributed by atoms with Gasteiger partial charge in [0.2, 0.25) is 0 Å². The number of carboxylic acids is 1. The van der Waals surface area contributed by atoms with Gasteiger partial charge in [-0.05, 0) is 17.7 Å². The highest BCUT2D eigenvalue weighted by Crippen LogP contribution is 2.52. The molecule has 1 aliphatic carbocycles. The predicted molar refractivity (Wildman–Crippen MR) is 70.1 cm³/mol. The second kappa shape index (κ2) is 4.85. The molecular weight excluding hydrogens is 268 g/mol. The van der Waals surface area contributed by atoms with E-state index < -0.39 is 32.9 Å². The van der Waals surface area contributed by atoms with E-state index in [-0.39, 0.29) is 5.75 Å². The Morgan fingerprint density at radius 1 is 1.32 bits per heavy atom. The molecule has 1 fully saturated rings. The van der Waals surface area contributed by atoms with Gasteiger partial charge >= 0.3 is 5.97 Å². The number of methoxy groups -OCH3 is 1. The fourth-order valence-corrected chi connectivity index (χ4v) is 4.24. The highest BCUT2D eigenvalue weighted by Gasteiger charge is 2.62. The molecule has 0 spiro atoms. The lowest BCUT2D eigenvalue weighted by Gasteiger charge is -2.03. The summed E-state index contributed by atoms with van der Waals surface area (Å²) in [4.78, 5) is 11.2. The third-order valence-electron chi connectivity index (χ3n) is 3.56. The molecule has 0 bridgehead atoms. The minimum absolute atomic E-state index is 0.0336. The van der Waals surface area contributed by atoms with E-state index in [0.717, 1.165) is 5.56 Å². The van der Waals surface area contributed by atoms with Crippen LogP contribution in [0.4, 0.5) is 0 Å². The normalized spacial score (nSPS) is 25.9. The number of carbonyl (C=O) groups is 1. The number of hydrogen-bond acceptors (Lipinski definition) is 4. The molecule has 6 heteroatoms. The maximum Gasteiger partial charge on any atom is 0.308 e. The summed E-state index contributed by atoms with van der Waals surface area (Å²) in [6.45, 7) is 1.54. The number of sulfone groups is 1. The molecule has 19 heavy (non-hydrogen) atoms. The van der Waals surface area contributed by atoms with Crippen LogP contribution in [0.1, 0.15) is 18.4 Å². The number of hydrogen-bond donors (Lipinski definition) is 1. The molecular formula is C13H16O5S. The van der Waals surface area contributed by atoms with Gasteiger partial charge in [0.1, 0.15) is 5.75 Å². The van der Waals surface area contributed by atoms with E-state index in [9.17, 15) is 13.2 Å². The average Bonchev–Trinajstić information content (AvgIpc) is 3.15. The Kier molecular flexibility index (Phi) is 3.54. The van der Waals surface area contributed by atoms with Crippen molar-refractivity contribution in [3.63, 3.8) is 0 Å². The van der Waals surface area contributed by atoms with Gasteiger partial charge in [0.25, 0.3) is 0 Å². The Bertz CT molecular complexity index is 576. The summed E-state index contributed by atoms with van der Waals surface area (Å²) in [7, 11) is -1.81. The highest BCUT2D eigenvalue weighted by atomic mass is 32.2. The topological polar surface area (TPSA) is 80.7 Å². The number of rotatable bonds is 5. The maximum atomic E-state index is 11.9. The Hall–Kier alpha value is -1.56. The monoisotopic (exact) mass is 284 g/mol. The van der Waals surface area contributed by atoms with Crippen molar-refractivity contribution in [3.8, 4) is 5.75 Å². The Morgan fingerprint density at radius 2 is 1.89 bits per heavy atom. The first-order valence-electron chi connectivity index (χ1n) is 6.00. The van der Waals surface area contributed by atoms with Crippen molar-refractivity contribution in [2.45, 2.75) is 18.1 Å². The molecule has 1 N–H and O–H groups in total. The van der Waals surface area contributed by atoms with Crippen molar-refractivity contribution in [3.05, 3.63) is 29.8 Å². The summed E-state index contributed by atoms with van der Waals surface area (Å²) in [5.74, 6) is -1.71. The second-order valence-corrected chi connectivity index (χ2v) is 7.03. The fraction of sp³-hybridized carbons (Fsp3) is 0.462. The second-order valence-electron chi connectivity index (χ2n) is 4.58. The minimum atomic E-state index is -3.34. The van der Waals surface area contributed by atoms with Crippen LogP contribution < -0.4 is 4.74 Å². The number of ether oxygens (including phenoxy) is 1. The van der Waals surface area contributed by atoms with Crippen molar-refractivity contribution in [1.82, 2.24) is 0 Å². The number of aliphatic carboxylic acids is 1. The summed E-state index contributed by atoms with van der Waals surface area (Å²) >= 11 is 0. The quantitative estimate of drug-likeness (QED) is 0.881. The lowest BCUT2D eigenvalue weighted by molar-refractivity contribution is -0.138. The molecule has 5 nitrogen and oxygen atoms in total. The molecule has 3 atom stereocenters. The molecule has 0 radical (unpaired) electrons. The molecule has 0 aromatic heterocycles. The molecule has 0 saturated heterocycles. The standard InChI is InChI=1S/C13H16O5S/c1-3-19(16,17)12-10(11(12)13(14)15)8-4-6-9(18-2)7-5-8/h4-7,10-12H,3H2,1-2H3,(H,14,15). The van der Waals surface area contributed by atoms with Crippen LogP contribution in [-0.2, 0) is 14.6 Å². The average molecular weight is 284 g/mol. The van der Waals surface area contributed by atoms with Gasteiger partial charge in [0, 0.05) is 11.7 Å². The molecule has 2 rings (SSSR count). The molecule has 1 saturated carbocycles. The summed E-state index contributed by atoms with van der Waals surface area (Å²) in [5, 5.41) is 8.32. The van der Waals surface area contributed by atoms with Crippen LogP contribution in [0.2, 0.25) is 0 Å². The smallest absolute Gasteiger partial charge is 0.308 e. The van der Waals surface area contributed by atoms with E-state index in [0.29, 0.717) is 5.75 Å². The van der Waals surface area contributed by atoms with Crippen molar-refractivity contribution in [2.24, 2.45) is 5.92 Å². The van der Waals surface area contributed by atoms with Crippen molar-refractivity contribution < 1.29 is 23.1 Å². The summed E-state index contributed by atoms with van der Waals surface area (Å²) < 4.78 is 28.8. The zero-order chi connectivity index (χ0) is 14.2. The van der Waals surface area contributed by atoms with Gasteiger partial charge < -0.3 is 9.84 Å². The predicted octanol–water partition coefficient (Wildman–Crippen LogP) is 1.30. The molecule has 0 heterocycles. The highest BCUT2D eigenvalue weighted by molar-refractivity contribution is 7.92. The molecule has 3 unspecified atom stereocenters. The lowest BCUT2D eigenvalue weighted by Crippen LogP contribution is -2.14. The number of carboxylic acid groups (broad SMARTS) is 1. The minimum Gasteiger partial charge on any atom is -0.497 e. The van der Waals surface area contributed by atoms with Crippen LogP contribution >= 0.6 is 0 Å². The zero-order valence-corrected chi connectivity index (χ0v) is 11.6. The molecule has 1 aromatic rings. The summed E-state index contributed by atoms with van der Waals surface area (Å²) in [6.07, 6.45) is 0. The molecule has 1 aliphatic rings. The van der Waals surface area contributed by atoms with E-state index in [1.807, 2.05) is 0 Å². The zero-order valence-electron chi connectivity index (χ0n) is 10.7. The van der Waals surface area contributed by atoms with Crippen LogP contribution in [0.3, 0.4) is 0 Å². The van der Waals surface area contributed by atoms with Gasteiger partial charge in [-0.3, -0.25) is 4.79 Å². The SMILES string of the molecule is CCS(=O)(=O)C1C(C(=O)O)C1c1ccc(OC)cc1. The first-order chi connectivity index (χ1) is 8.92. The summed E-state index contributed by atoms with van der Waals surface area (Å²) in [6, 6.07) is 6.87. The van der Waals surface area contributed by atoms with Gasteiger partial charge in [-0.1, -0.05) is 19.1 Å². The fourth-order valence-electron chi connectivity index (χ4n) is 2.44. The maximum absolute atomic E-state index is 11.9. The van der Waals surface area contributed by atoms with Gasteiger partial charge in [-0.2, -0.15) is 0 Å². The third kappa shape index (κ3) is 2.45. The van der Waals surface area contributed by atoms with E-state index in [2.05, 4.69) is 0 Å². The van der Waals surface area contributed by atoms with Gasteiger partial charge in [0.05, 0.1) is 18.3 Å². The van der Waals surface area contributed by atoms with E-state index in [1.165, 1.54) is 14.0 Å². The van der Waals surface area contributed by atoms with Gasteiger partial charge in [0.15, 0.2) is 9.84 Å². The van der Waals surface area contributed by atoms with Gasteiger partial charge in [-0.15, -0.1) is 0 Å². The molecule has 0 aliphatic heterocycles. The number of benzene rings is 1. The first kappa shape index (κ1) is 13.9. The van der Waals surface area contributed by atoms with Gasteiger partial charge in [-0.25, -0.2) is 8.42 Å². The van der Waals surface area contributed by atoms with E-state index in [4.69, 9.17) is 9.84 Å². The molecule has 0 amide bonds. The van der Waals surface area contributed by atoms with Crippen LogP contribution in [0.15, 0.2) is 24.3 Å². The van der Waals surface area contributed by atoms with Crippen molar-refractivity contribution in [2.75, 3.05) is 12.9 Å². The molecule has 1 aromatic carbocycles. The van der Waals surface area contributed by atoms with Crippen LogP contribution in [-0.4, -0.2) is 37.6 Å². The summed E-state index contributed by atoms with van der Waals surface area (Å²) in [5.41, 5.74) is 0.732.